The predicted octanol–water partition coefficient (Wildman–Crippen LogP) is 4.66. The van der Waals surface area contributed by atoms with Gasteiger partial charge in [-0.15, -0.1) is 0 Å². The summed E-state index contributed by atoms with van der Waals surface area (Å²) in [6.45, 7) is 4.22. The topological polar surface area (TPSA) is 45.8 Å². The summed E-state index contributed by atoms with van der Waals surface area (Å²) in [4.78, 5) is 19.4. The quantitative estimate of drug-likeness (QED) is 0.668. The second-order valence-electron chi connectivity index (χ2n) is 4.90. The Morgan fingerprint density at radius 3 is 2.75 bits per heavy atom. The lowest BCUT2D eigenvalue weighted by atomic mass is 10.1. The lowest BCUT2D eigenvalue weighted by Crippen LogP contribution is -2.17. The van der Waals surface area contributed by atoms with Gasteiger partial charge in [0, 0.05) is 10.0 Å². The number of benzene rings is 1. The average Bonchev–Trinajstić information content (AvgIpc) is 2.37. The number of nitrogens with zero attached hydrogens (tertiary/aromatic N) is 1. The summed E-state index contributed by atoms with van der Waals surface area (Å²) in [7, 11) is 0. The molecule has 0 unspecified atom stereocenters. The van der Waals surface area contributed by atoms with Gasteiger partial charge in [-0.3, -0.25) is 4.79 Å². The van der Waals surface area contributed by atoms with Gasteiger partial charge in [-0.25, -0.2) is 4.98 Å². The van der Waals surface area contributed by atoms with Gasteiger partial charge in [0.1, 0.15) is 5.82 Å². The van der Waals surface area contributed by atoms with E-state index in [4.69, 9.17) is 11.6 Å². The molecule has 0 fully saturated rings. The normalized spacial score (nSPS) is 11.1. The molecular formula is C14H13BrClIN2O. The highest BCUT2D eigenvalue weighted by Crippen LogP contribution is 2.27. The maximum absolute atomic E-state index is 12.0. The van der Waals surface area contributed by atoms with Crippen molar-refractivity contribution >= 4 is 50.1 Å². The van der Waals surface area contributed by atoms with Crippen molar-refractivity contribution in [3.05, 3.63) is 47.3 Å². The number of aromatic amines is 1. The van der Waals surface area contributed by atoms with E-state index in [-0.39, 0.29) is 5.56 Å². The molecule has 0 radical (unpaired) electrons. The van der Waals surface area contributed by atoms with Crippen molar-refractivity contribution in [2.24, 2.45) is 5.92 Å². The van der Waals surface area contributed by atoms with Gasteiger partial charge in [0.2, 0.25) is 0 Å². The first-order chi connectivity index (χ1) is 9.38. The van der Waals surface area contributed by atoms with Gasteiger partial charge in [-0.05, 0) is 69.1 Å². The number of nitrogens with one attached hydrogen (secondary N) is 1. The number of halogens is 3. The third-order valence-corrected chi connectivity index (χ3v) is 5.05. The minimum absolute atomic E-state index is 0.0997. The molecule has 2 rings (SSSR count). The average molecular weight is 468 g/mol. The van der Waals surface area contributed by atoms with E-state index >= 15 is 0 Å². The standard InChI is InChI=1S/C14H13BrClIN2O/c1-7(2)5-11-12(17)14(20)19-13(18-11)8-3-4-10(16)9(15)6-8/h3-4,6-7H,5H2,1-2H3,(H,18,19,20). The van der Waals surface area contributed by atoms with Crippen LogP contribution in [0.1, 0.15) is 19.5 Å². The van der Waals surface area contributed by atoms with E-state index in [2.05, 4.69) is 39.7 Å². The maximum atomic E-state index is 12.0. The highest BCUT2D eigenvalue weighted by Gasteiger charge is 2.12. The van der Waals surface area contributed by atoms with Crippen LogP contribution in [0.4, 0.5) is 0 Å². The summed E-state index contributed by atoms with van der Waals surface area (Å²) in [5.41, 5.74) is 1.57. The van der Waals surface area contributed by atoms with Crippen molar-refractivity contribution in [3.63, 3.8) is 0 Å². The SMILES string of the molecule is CC(C)Cc1nc(-c2ccc(Cl)c(Br)c2)[nH]c(=O)c1I. The van der Waals surface area contributed by atoms with Crippen LogP contribution >= 0.6 is 50.1 Å². The van der Waals surface area contributed by atoms with Gasteiger partial charge in [0.05, 0.1) is 14.3 Å². The van der Waals surface area contributed by atoms with Crippen LogP contribution in [0.3, 0.4) is 0 Å². The van der Waals surface area contributed by atoms with Gasteiger partial charge >= 0.3 is 0 Å². The van der Waals surface area contributed by atoms with Crippen molar-refractivity contribution in [3.8, 4) is 11.4 Å². The zero-order valence-electron chi connectivity index (χ0n) is 11.0. The van der Waals surface area contributed by atoms with E-state index in [1.807, 2.05) is 34.7 Å². The second-order valence-corrected chi connectivity index (χ2v) is 7.24. The third kappa shape index (κ3) is 3.62. The first-order valence-electron chi connectivity index (χ1n) is 6.12. The molecule has 106 valence electrons. The molecule has 1 aromatic heterocycles. The van der Waals surface area contributed by atoms with E-state index < -0.39 is 0 Å². The first kappa shape index (κ1) is 16.0. The zero-order valence-corrected chi connectivity index (χ0v) is 15.5. The summed E-state index contributed by atoms with van der Waals surface area (Å²) < 4.78 is 1.44. The molecular weight excluding hydrogens is 454 g/mol. The molecule has 0 aliphatic carbocycles. The molecule has 1 N–H and O–H groups in total. The van der Waals surface area contributed by atoms with E-state index in [1.165, 1.54) is 0 Å². The molecule has 0 amide bonds. The van der Waals surface area contributed by atoms with Gasteiger partial charge in [0.25, 0.3) is 5.56 Å². The third-order valence-electron chi connectivity index (χ3n) is 2.73. The molecule has 20 heavy (non-hydrogen) atoms. The minimum Gasteiger partial charge on any atom is -0.306 e. The summed E-state index contributed by atoms with van der Waals surface area (Å²) >= 11 is 11.4. The van der Waals surface area contributed by atoms with Crippen molar-refractivity contribution < 1.29 is 0 Å². The molecule has 2 aromatic rings. The van der Waals surface area contributed by atoms with Crippen molar-refractivity contribution in [2.45, 2.75) is 20.3 Å². The Hall–Kier alpha value is -0.400. The summed E-state index contributed by atoms with van der Waals surface area (Å²) in [5.74, 6) is 1.02. The molecule has 6 heteroatoms. The Morgan fingerprint density at radius 1 is 1.45 bits per heavy atom. The molecule has 0 saturated carbocycles. The number of hydrogen-bond donors (Lipinski definition) is 1. The highest BCUT2D eigenvalue weighted by atomic mass is 127. The van der Waals surface area contributed by atoms with Crippen LogP contribution in [0.15, 0.2) is 27.5 Å². The Morgan fingerprint density at radius 2 is 2.15 bits per heavy atom. The van der Waals surface area contributed by atoms with Gasteiger partial charge in [-0.1, -0.05) is 25.4 Å². The number of rotatable bonds is 3. The van der Waals surface area contributed by atoms with Gasteiger partial charge in [0.15, 0.2) is 0 Å². The van der Waals surface area contributed by atoms with Crippen LogP contribution in [0.25, 0.3) is 11.4 Å². The van der Waals surface area contributed by atoms with Crippen LogP contribution in [-0.2, 0) is 6.42 Å². The molecule has 1 aromatic carbocycles. The van der Waals surface area contributed by atoms with Crippen molar-refractivity contribution in [1.29, 1.82) is 0 Å². The molecule has 1 heterocycles. The number of H-pyrrole nitrogens is 1. The summed E-state index contributed by atoms with van der Waals surface area (Å²) in [6.07, 6.45) is 0.782. The van der Waals surface area contributed by atoms with Crippen LogP contribution in [-0.4, -0.2) is 9.97 Å². The Balaban J connectivity index is 2.54. The zero-order chi connectivity index (χ0) is 14.9. The van der Waals surface area contributed by atoms with Crippen LogP contribution < -0.4 is 5.56 Å². The second kappa shape index (κ2) is 6.58. The Kier molecular flexibility index (Phi) is 5.25. The van der Waals surface area contributed by atoms with Crippen LogP contribution in [0.2, 0.25) is 5.02 Å². The van der Waals surface area contributed by atoms with E-state index in [0.717, 1.165) is 22.2 Å². The molecule has 0 spiro atoms. The Labute approximate surface area is 144 Å². The van der Waals surface area contributed by atoms with E-state index in [1.54, 1.807) is 6.07 Å². The van der Waals surface area contributed by atoms with E-state index in [0.29, 0.717) is 20.3 Å². The first-order valence-corrected chi connectivity index (χ1v) is 8.37. The molecule has 0 atom stereocenters. The van der Waals surface area contributed by atoms with Gasteiger partial charge < -0.3 is 4.98 Å². The molecule has 0 aliphatic heterocycles. The fraction of sp³-hybridized carbons (Fsp3) is 0.286. The van der Waals surface area contributed by atoms with Crippen LogP contribution in [0, 0.1) is 9.49 Å². The maximum Gasteiger partial charge on any atom is 0.264 e. The van der Waals surface area contributed by atoms with Crippen LogP contribution in [0.5, 0.6) is 0 Å². The predicted molar refractivity (Wildman–Crippen MR) is 94.3 cm³/mol. The highest BCUT2D eigenvalue weighted by molar-refractivity contribution is 14.1. The molecule has 3 nitrogen and oxygen atoms in total. The monoisotopic (exact) mass is 466 g/mol. The molecule has 0 bridgehead atoms. The largest absolute Gasteiger partial charge is 0.306 e. The number of hydrogen-bond acceptors (Lipinski definition) is 2. The fourth-order valence-corrected chi connectivity index (χ4v) is 2.78. The molecule has 0 aliphatic rings. The van der Waals surface area contributed by atoms with Gasteiger partial charge in [-0.2, -0.15) is 0 Å². The smallest absolute Gasteiger partial charge is 0.264 e. The number of aromatic nitrogens is 2. The molecule has 0 saturated heterocycles. The van der Waals surface area contributed by atoms with Crippen molar-refractivity contribution in [1.82, 2.24) is 9.97 Å². The summed E-state index contributed by atoms with van der Waals surface area (Å²) in [6, 6.07) is 5.48. The lowest BCUT2D eigenvalue weighted by molar-refractivity contribution is 0.631. The van der Waals surface area contributed by atoms with E-state index in [9.17, 15) is 4.79 Å². The fourth-order valence-electron chi connectivity index (χ4n) is 1.81. The lowest BCUT2D eigenvalue weighted by Gasteiger charge is -2.09. The Bertz CT molecular complexity index is 700. The minimum atomic E-state index is -0.0997. The summed E-state index contributed by atoms with van der Waals surface area (Å²) in [5, 5.41) is 0.629. The van der Waals surface area contributed by atoms with Crippen molar-refractivity contribution in [2.75, 3.05) is 0 Å².